The van der Waals surface area contributed by atoms with Crippen molar-refractivity contribution in [2.75, 3.05) is 6.54 Å². The van der Waals surface area contributed by atoms with Gasteiger partial charge in [0.05, 0.1) is 11.8 Å². The molecule has 3 rings (SSSR count). The van der Waals surface area contributed by atoms with E-state index in [9.17, 15) is 9.59 Å². The summed E-state index contributed by atoms with van der Waals surface area (Å²) in [6, 6.07) is 18.2. The Labute approximate surface area is 180 Å². The number of hydrogen-bond donors (Lipinski definition) is 1. The zero-order valence-corrected chi connectivity index (χ0v) is 17.4. The predicted molar refractivity (Wildman–Crippen MR) is 114 cm³/mol. The number of amides is 1. The fraction of sp³-hybridized carbons (Fsp3) is 0.318. The Kier molecular flexibility index (Phi) is 7.96. The van der Waals surface area contributed by atoms with Gasteiger partial charge in [0.1, 0.15) is 12.6 Å². The smallest absolute Gasteiger partial charge is 0.316 e. The third kappa shape index (κ3) is 6.13. The van der Waals surface area contributed by atoms with Gasteiger partial charge in [-0.3, -0.25) is 9.63 Å². The lowest BCUT2D eigenvalue weighted by Crippen LogP contribution is -2.52. The van der Waals surface area contributed by atoms with Gasteiger partial charge in [0.25, 0.3) is 0 Å². The minimum Gasteiger partial charge on any atom is -0.316 e. The fourth-order valence-electron chi connectivity index (χ4n) is 3.17. The standard InChI is InChI=1S/C22H24ClN3O4/c1-16(18-10-6-3-7-11-18)25-30-21(27)20-13-12-19(14-24-20)26(22(23)28)29-15-17-8-4-2-5-9-17/h2-11,19-20,24H,12-15H2,1H3/b25-16-/t19-,20+/m1/s1. The number of hydrogen-bond acceptors (Lipinski definition) is 6. The van der Waals surface area contributed by atoms with Gasteiger partial charge in [-0.15, -0.1) is 0 Å². The van der Waals surface area contributed by atoms with E-state index in [-0.39, 0.29) is 12.6 Å². The molecule has 158 valence electrons. The van der Waals surface area contributed by atoms with Crippen molar-refractivity contribution in [2.45, 2.75) is 38.5 Å². The van der Waals surface area contributed by atoms with E-state index in [4.69, 9.17) is 21.3 Å². The highest BCUT2D eigenvalue weighted by molar-refractivity contribution is 6.62. The summed E-state index contributed by atoms with van der Waals surface area (Å²) in [5.41, 5.74) is 2.43. The number of nitrogens with one attached hydrogen (secondary N) is 1. The first-order valence-electron chi connectivity index (χ1n) is 9.74. The van der Waals surface area contributed by atoms with Crippen LogP contribution in [0.1, 0.15) is 30.9 Å². The molecule has 1 aliphatic rings. The lowest BCUT2D eigenvalue weighted by molar-refractivity contribution is -0.158. The molecule has 0 aromatic heterocycles. The first-order valence-corrected chi connectivity index (χ1v) is 10.1. The van der Waals surface area contributed by atoms with Crippen LogP contribution in [-0.4, -0.2) is 40.7 Å². The molecule has 0 radical (unpaired) electrons. The monoisotopic (exact) mass is 429 g/mol. The summed E-state index contributed by atoms with van der Waals surface area (Å²) in [5, 5.41) is 7.50. The molecule has 0 bridgehead atoms. The molecule has 1 N–H and O–H groups in total. The van der Waals surface area contributed by atoms with Crippen molar-refractivity contribution in [2.24, 2.45) is 5.16 Å². The Morgan fingerprint density at radius 3 is 2.37 bits per heavy atom. The molecule has 1 heterocycles. The van der Waals surface area contributed by atoms with Crippen LogP contribution >= 0.6 is 11.6 Å². The van der Waals surface area contributed by atoms with E-state index in [0.717, 1.165) is 11.1 Å². The maximum absolute atomic E-state index is 12.3. The quantitative estimate of drug-likeness (QED) is 0.237. The highest BCUT2D eigenvalue weighted by Crippen LogP contribution is 2.18. The van der Waals surface area contributed by atoms with Crippen molar-refractivity contribution in [3.8, 4) is 0 Å². The molecule has 0 spiro atoms. The second kappa shape index (κ2) is 10.9. The molecule has 1 saturated heterocycles. The van der Waals surface area contributed by atoms with Crippen LogP contribution in [0.5, 0.6) is 0 Å². The Balaban J connectivity index is 1.49. The van der Waals surface area contributed by atoms with Gasteiger partial charge in [0.2, 0.25) is 0 Å². The minimum atomic E-state index is -0.693. The number of oxime groups is 1. The Bertz CT molecular complexity index is 868. The number of nitrogens with zero attached hydrogens (tertiary/aromatic N) is 2. The van der Waals surface area contributed by atoms with E-state index in [1.54, 1.807) is 6.92 Å². The topological polar surface area (TPSA) is 80.2 Å². The number of halogens is 1. The van der Waals surface area contributed by atoms with Crippen LogP contribution in [0.15, 0.2) is 65.8 Å². The summed E-state index contributed by atoms with van der Waals surface area (Å²) in [6.07, 6.45) is 1.01. The summed E-state index contributed by atoms with van der Waals surface area (Å²) in [4.78, 5) is 34.9. The Hall–Kier alpha value is -2.74. The maximum atomic E-state index is 12.3. The van der Waals surface area contributed by atoms with Crippen molar-refractivity contribution in [1.82, 2.24) is 10.4 Å². The SMILES string of the molecule is C/C(=N/OC(=O)[C@@H]1CC[C@@H](N(OCc2ccccc2)C(=O)Cl)CN1)c1ccccc1. The van der Waals surface area contributed by atoms with Crippen molar-refractivity contribution >= 4 is 28.6 Å². The summed E-state index contributed by atoms with van der Waals surface area (Å²) >= 11 is 5.71. The van der Waals surface area contributed by atoms with Crippen molar-refractivity contribution in [1.29, 1.82) is 0 Å². The molecule has 0 saturated carbocycles. The Morgan fingerprint density at radius 1 is 1.10 bits per heavy atom. The second-order valence-electron chi connectivity index (χ2n) is 6.98. The van der Waals surface area contributed by atoms with Crippen LogP contribution in [0.3, 0.4) is 0 Å². The molecule has 1 fully saturated rings. The van der Waals surface area contributed by atoms with Crippen LogP contribution in [0.4, 0.5) is 4.79 Å². The second-order valence-corrected chi connectivity index (χ2v) is 7.31. The van der Waals surface area contributed by atoms with E-state index >= 15 is 0 Å². The molecular weight excluding hydrogens is 406 g/mol. The van der Waals surface area contributed by atoms with E-state index in [2.05, 4.69) is 10.5 Å². The number of hydroxylamine groups is 2. The zero-order valence-electron chi connectivity index (χ0n) is 16.7. The molecule has 1 amide bonds. The number of rotatable bonds is 7. The van der Waals surface area contributed by atoms with Crippen molar-refractivity contribution in [3.63, 3.8) is 0 Å². The zero-order chi connectivity index (χ0) is 21.3. The van der Waals surface area contributed by atoms with Gasteiger partial charge < -0.3 is 10.2 Å². The number of benzene rings is 2. The molecule has 2 aromatic rings. The van der Waals surface area contributed by atoms with Crippen LogP contribution in [-0.2, 0) is 21.1 Å². The summed E-state index contributed by atoms with van der Waals surface area (Å²) < 4.78 is 0. The summed E-state index contributed by atoms with van der Waals surface area (Å²) in [5.74, 6) is -0.460. The molecule has 2 atom stereocenters. The third-order valence-corrected chi connectivity index (χ3v) is 5.02. The van der Waals surface area contributed by atoms with E-state index in [1.165, 1.54) is 5.06 Å². The fourth-order valence-corrected chi connectivity index (χ4v) is 3.36. The molecule has 7 nitrogen and oxygen atoms in total. The van der Waals surface area contributed by atoms with E-state index in [1.807, 2.05) is 60.7 Å². The van der Waals surface area contributed by atoms with Crippen LogP contribution < -0.4 is 5.32 Å². The average molecular weight is 430 g/mol. The van der Waals surface area contributed by atoms with E-state index in [0.29, 0.717) is 25.1 Å². The minimum absolute atomic E-state index is 0.231. The van der Waals surface area contributed by atoms with Gasteiger partial charge in [0, 0.05) is 6.54 Å². The highest BCUT2D eigenvalue weighted by Gasteiger charge is 2.32. The lowest BCUT2D eigenvalue weighted by atomic mass is 10.0. The number of piperidine rings is 1. The molecule has 0 aliphatic carbocycles. The lowest BCUT2D eigenvalue weighted by Gasteiger charge is -2.34. The van der Waals surface area contributed by atoms with Crippen LogP contribution in [0, 0.1) is 0 Å². The summed E-state index contributed by atoms with van der Waals surface area (Å²) in [6.45, 7) is 2.37. The predicted octanol–water partition coefficient (Wildman–Crippen LogP) is 3.87. The summed E-state index contributed by atoms with van der Waals surface area (Å²) in [7, 11) is 0. The molecular formula is C22H24ClN3O4. The van der Waals surface area contributed by atoms with Crippen LogP contribution in [0.25, 0.3) is 0 Å². The largest absolute Gasteiger partial charge is 0.351 e. The average Bonchev–Trinajstić information content (AvgIpc) is 2.79. The van der Waals surface area contributed by atoms with E-state index < -0.39 is 17.4 Å². The third-order valence-electron chi connectivity index (χ3n) is 4.86. The first kappa shape index (κ1) is 22.0. The molecule has 1 aliphatic heterocycles. The van der Waals surface area contributed by atoms with Gasteiger partial charge in [-0.05, 0) is 42.5 Å². The van der Waals surface area contributed by atoms with Gasteiger partial charge >= 0.3 is 11.3 Å². The van der Waals surface area contributed by atoms with Gasteiger partial charge in [-0.1, -0.05) is 65.8 Å². The van der Waals surface area contributed by atoms with Crippen molar-refractivity contribution < 1.29 is 19.3 Å². The van der Waals surface area contributed by atoms with Gasteiger partial charge in [0.15, 0.2) is 0 Å². The molecule has 30 heavy (non-hydrogen) atoms. The molecule has 2 aromatic carbocycles. The normalized spacial score (nSPS) is 19.2. The molecule has 0 unspecified atom stereocenters. The number of carbonyl (C=O) groups is 2. The van der Waals surface area contributed by atoms with Crippen molar-refractivity contribution in [3.05, 3.63) is 71.8 Å². The van der Waals surface area contributed by atoms with Gasteiger partial charge in [-0.25, -0.2) is 9.86 Å². The number of carbonyl (C=O) groups excluding carboxylic acids is 2. The van der Waals surface area contributed by atoms with Crippen LogP contribution in [0.2, 0.25) is 0 Å². The maximum Gasteiger partial charge on any atom is 0.351 e. The van der Waals surface area contributed by atoms with Gasteiger partial charge in [-0.2, -0.15) is 0 Å². The Morgan fingerprint density at radius 2 is 1.77 bits per heavy atom. The highest BCUT2D eigenvalue weighted by atomic mass is 35.5. The first-order chi connectivity index (χ1) is 14.5. The molecule has 8 heteroatoms.